The first-order chi connectivity index (χ1) is 26.0. The van der Waals surface area contributed by atoms with Crippen molar-refractivity contribution in [1.29, 1.82) is 0 Å². The number of ether oxygens (including phenoxy) is 9. The molecule has 0 bridgehead atoms. The van der Waals surface area contributed by atoms with Crippen LogP contribution >= 0.6 is 0 Å². The number of amides is 1. The van der Waals surface area contributed by atoms with Gasteiger partial charge in [-0.2, -0.15) is 0 Å². The summed E-state index contributed by atoms with van der Waals surface area (Å²) in [6.45, 7) is 0.768. The number of hydrogen-bond donors (Lipinski definition) is 1. The first-order valence-electron chi connectivity index (χ1n) is 16.1. The number of fused-ring (bicyclic) bond motifs is 2. The molecule has 0 radical (unpaired) electrons. The van der Waals surface area contributed by atoms with Crippen molar-refractivity contribution in [1.82, 2.24) is 10.5 Å². The van der Waals surface area contributed by atoms with Crippen LogP contribution in [0.1, 0.15) is 40.5 Å². The highest BCUT2D eigenvalue weighted by molar-refractivity contribution is 7.91. The molecule has 1 aromatic heterocycles. The highest BCUT2D eigenvalue weighted by atomic mass is 32.2. The Morgan fingerprint density at radius 1 is 0.870 bits per heavy atom. The zero-order valence-electron chi connectivity index (χ0n) is 29.2. The summed E-state index contributed by atoms with van der Waals surface area (Å²) in [5, 5.41) is 17.3. The number of carbonyl (C=O) groups excluding carboxylic acids is 3. The van der Waals surface area contributed by atoms with Crippen LogP contribution in [-0.2, 0) is 24.1 Å². The summed E-state index contributed by atoms with van der Waals surface area (Å²) in [7, 11) is -0.356. The van der Waals surface area contributed by atoms with Crippen LogP contribution in [0.15, 0.2) is 57.0 Å². The summed E-state index contributed by atoms with van der Waals surface area (Å²) in [4.78, 5) is 39.6. The fourth-order valence-electron chi connectivity index (χ4n) is 5.57. The van der Waals surface area contributed by atoms with Gasteiger partial charge in [-0.15, -0.1) is 0 Å². The van der Waals surface area contributed by atoms with Crippen molar-refractivity contribution in [2.45, 2.75) is 35.7 Å². The van der Waals surface area contributed by atoms with E-state index in [9.17, 15) is 28.0 Å². The number of methoxy groups -OCH3 is 3. The molecule has 0 saturated carbocycles. The van der Waals surface area contributed by atoms with E-state index in [1.54, 1.807) is 6.07 Å². The van der Waals surface area contributed by atoms with Gasteiger partial charge >= 0.3 is 22.8 Å². The molecule has 1 amide bonds. The van der Waals surface area contributed by atoms with E-state index in [-0.39, 0.29) is 106 Å². The maximum Gasteiger partial charge on any atom is 0.414 e. The minimum Gasteiger partial charge on any atom is -0.493 e. The summed E-state index contributed by atoms with van der Waals surface area (Å²) in [5.41, 5.74) is 0.0294. The van der Waals surface area contributed by atoms with Crippen molar-refractivity contribution in [3.63, 3.8) is 0 Å². The monoisotopic (exact) mass is 771 g/mol. The van der Waals surface area contributed by atoms with Gasteiger partial charge in [0.25, 0.3) is 15.7 Å². The summed E-state index contributed by atoms with van der Waals surface area (Å²) >= 11 is 0. The second-order valence-corrected chi connectivity index (χ2v) is 13.3. The molecule has 4 aromatic rings. The van der Waals surface area contributed by atoms with E-state index in [0.29, 0.717) is 0 Å². The number of benzene rings is 3. The quantitative estimate of drug-likeness (QED) is 0.104. The SMILES string of the molecule is COC(=O)c1cc(OC)c2c(c1-c1c(C(=O)NC(C)C(=O)OCCCCOc3no[n+]([O-])c3S(=O)(=O)c3ccccc3)cc(OC)c3c1OCO3)OCO2. The maximum atomic E-state index is 14.0. The molecule has 3 aromatic carbocycles. The number of hydrogen-bond acceptors (Lipinski definition) is 17. The van der Waals surface area contributed by atoms with Crippen LogP contribution in [0.4, 0.5) is 0 Å². The molecule has 6 rings (SSSR count). The van der Waals surface area contributed by atoms with Crippen molar-refractivity contribution >= 4 is 27.7 Å². The van der Waals surface area contributed by atoms with Crippen molar-refractivity contribution in [2.24, 2.45) is 0 Å². The Morgan fingerprint density at radius 3 is 2.06 bits per heavy atom. The molecule has 2 aliphatic rings. The molecular formula is C34H33N3O16S. The van der Waals surface area contributed by atoms with Gasteiger partial charge in [0.15, 0.2) is 23.0 Å². The number of rotatable bonds is 15. The molecule has 0 aliphatic carbocycles. The van der Waals surface area contributed by atoms with Crippen LogP contribution in [0, 0.1) is 5.21 Å². The molecule has 20 heteroatoms. The Bertz CT molecular complexity index is 2190. The molecule has 1 atom stereocenters. The Hall–Kier alpha value is -6.44. The van der Waals surface area contributed by atoms with Crippen molar-refractivity contribution in [3.05, 3.63) is 58.8 Å². The predicted octanol–water partition coefficient (Wildman–Crippen LogP) is 2.59. The Labute approximate surface area is 306 Å². The van der Waals surface area contributed by atoms with Gasteiger partial charge in [-0.1, -0.05) is 18.2 Å². The third-order valence-corrected chi connectivity index (χ3v) is 9.86. The molecule has 19 nitrogen and oxygen atoms in total. The van der Waals surface area contributed by atoms with E-state index in [4.69, 9.17) is 42.6 Å². The fourth-order valence-corrected chi connectivity index (χ4v) is 6.87. The zero-order chi connectivity index (χ0) is 38.6. The molecule has 1 unspecified atom stereocenters. The molecule has 2 aliphatic heterocycles. The van der Waals surface area contributed by atoms with Gasteiger partial charge in [-0.05, 0) is 48.9 Å². The minimum absolute atomic E-state index is 0.0447. The first kappa shape index (κ1) is 37.3. The Kier molecular flexibility index (Phi) is 10.8. The molecule has 0 spiro atoms. The lowest BCUT2D eigenvalue weighted by molar-refractivity contribution is -0.832. The van der Waals surface area contributed by atoms with Gasteiger partial charge in [0.2, 0.25) is 25.1 Å². The van der Waals surface area contributed by atoms with Gasteiger partial charge in [-0.25, -0.2) is 18.0 Å². The Balaban J connectivity index is 1.14. The lowest BCUT2D eigenvalue weighted by Crippen LogP contribution is -2.40. The number of aromatic nitrogens is 2. The van der Waals surface area contributed by atoms with Gasteiger partial charge in [0.1, 0.15) is 6.04 Å². The molecule has 286 valence electrons. The topological polar surface area (TPSA) is 233 Å². The third-order valence-electron chi connectivity index (χ3n) is 8.13. The number of sulfone groups is 1. The number of esters is 2. The largest absolute Gasteiger partial charge is 0.493 e. The minimum atomic E-state index is -4.29. The fraction of sp³-hybridized carbons (Fsp3) is 0.324. The van der Waals surface area contributed by atoms with Crippen LogP contribution in [0.5, 0.6) is 40.4 Å². The van der Waals surface area contributed by atoms with E-state index < -0.39 is 44.6 Å². The molecule has 0 fully saturated rings. The zero-order valence-corrected chi connectivity index (χ0v) is 30.0. The number of unbranched alkanes of at least 4 members (excludes halogenated alkanes) is 1. The van der Waals surface area contributed by atoms with Crippen molar-refractivity contribution in [2.75, 3.05) is 48.1 Å². The standard InChI is InChI=1S/C34H33N3O16S/c1-18(33(39)48-13-9-8-12-47-31-32(37(41)53-36-31)54(42,43)19-10-6-5-7-11-19)35-30(38)20-14-22(44-2)26-28(51-16-49-26)24(20)25-21(34(40)46-4)15-23(45-3)27-29(25)52-17-50-27/h5-7,10-11,14-15,18H,8-9,12-13,16-17H2,1-4H3,(H,35,38). The maximum absolute atomic E-state index is 14.0. The summed E-state index contributed by atoms with van der Waals surface area (Å²) in [6.07, 6.45) is 0.512. The lowest BCUT2D eigenvalue weighted by Gasteiger charge is -2.20. The number of nitrogens with zero attached hydrogens (tertiary/aromatic N) is 2. The van der Waals surface area contributed by atoms with Crippen molar-refractivity contribution < 1.29 is 75.0 Å². The average Bonchev–Trinajstić information content (AvgIpc) is 3.95. The molecule has 0 saturated heterocycles. The van der Waals surface area contributed by atoms with Crippen LogP contribution in [0.25, 0.3) is 11.1 Å². The van der Waals surface area contributed by atoms with Crippen LogP contribution in [0.3, 0.4) is 0 Å². The highest BCUT2D eigenvalue weighted by Crippen LogP contribution is 2.56. The van der Waals surface area contributed by atoms with E-state index in [0.717, 1.165) is 0 Å². The molecule has 54 heavy (non-hydrogen) atoms. The van der Waals surface area contributed by atoms with Gasteiger partial charge in [0, 0.05) is 11.1 Å². The molecular weight excluding hydrogens is 738 g/mol. The van der Waals surface area contributed by atoms with E-state index in [1.165, 1.54) is 64.7 Å². The van der Waals surface area contributed by atoms with Gasteiger partial charge in [0.05, 0.1) is 55.7 Å². The van der Waals surface area contributed by atoms with Gasteiger partial charge < -0.3 is 53.2 Å². The average molecular weight is 772 g/mol. The Morgan fingerprint density at radius 2 is 1.44 bits per heavy atom. The first-order valence-corrected chi connectivity index (χ1v) is 17.6. The van der Waals surface area contributed by atoms with Crippen LogP contribution in [-0.4, -0.2) is 85.6 Å². The third kappa shape index (κ3) is 7.01. The van der Waals surface area contributed by atoms with Crippen LogP contribution in [0.2, 0.25) is 0 Å². The molecule has 3 heterocycles. The van der Waals surface area contributed by atoms with Crippen molar-refractivity contribution in [3.8, 4) is 51.5 Å². The smallest absolute Gasteiger partial charge is 0.414 e. The summed E-state index contributed by atoms with van der Waals surface area (Å²) in [6, 6.07) is 8.80. The lowest BCUT2D eigenvalue weighted by atomic mass is 9.91. The second-order valence-electron chi connectivity index (χ2n) is 11.4. The van der Waals surface area contributed by atoms with Crippen LogP contribution < -0.4 is 43.4 Å². The second kappa shape index (κ2) is 15.7. The van der Waals surface area contributed by atoms with E-state index >= 15 is 0 Å². The summed E-state index contributed by atoms with van der Waals surface area (Å²) < 4.78 is 79.8. The number of nitrogens with one attached hydrogen (secondary N) is 1. The highest BCUT2D eigenvalue weighted by Gasteiger charge is 2.38. The number of carbonyl (C=O) groups is 3. The van der Waals surface area contributed by atoms with Gasteiger partial charge in [-0.3, -0.25) is 9.42 Å². The molecule has 1 N–H and O–H groups in total. The normalized spacial score (nSPS) is 13.2. The van der Waals surface area contributed by atoms with E-state index in [1.807, 2.05) is 0 Å². The van der Waals surface area contributed by atoms with E-state index in [2.05, 4.69) is 15.1 Å². The predicted molar refractivity (Wildman–Crippen MR) is 179 cm³/mol. The summed E-state index contributed by atoms with van der Waals surface area (Å²) in [5.74, 6) is -2.08.